The molecule has 1 aromatic rings. The minimum absolute atomic E-state index is 0.0298. The first-order chi connectivity index (χ1) is 9.99. The van der Waals surface area contributed by atoms with Crippen molar-refractivity contribution < 1.29 is 13.2 Å². The minimum atomic E-state index is -3.24. The molecule has 5 nitrogen and oxygen atoms in total. The third kappa shape index (κ3) is 4.69. The molecule has 1 saturated heterocycles. The standard InChI is InChI=1S/C15H24N2O3S/c1-16(2)14-7-6-10-17(13-14)21(18,19)12-11-20-15-8-4-3-5-9-15/h3-5,8-9,14H,6-7,10-13H2,1-2H3/t14-/m1/s1. The number of sulfonamides is 1. The Labute approximate surface area is 127 Å². The second kappa shape index (κ2) is 7.24. The molecular weight excluding hydrogens is 288 g/mol. The average Bonchev–Trinajstić information content (AvgIpc) is 2.48. The van der Waals surface area contributed by atoms with E-state index in [4.69, 9.17) is 4.74 Å². The van der Waals surface area contributed by atoms with Gasteiger partial charge in [-0.15, -0.1) is 0 Å². The van der Waals surface area contributed by atoms with E-state index < -0.39 is 10.0 Å². The fourth-order valence-corrected chi connectivity index (χ4v) is 3.86. The zero-order chi connectivity index (χ0) is 15.3. The van der Waals surface area contributed by atoms with Gasteiger partial charge in [-0.05, 0) is 39.1 Å². The Balaban J connectivity index is 1.86. The molecule has 0 radical (unpaired) electrons. The fourth-order valence-electron chi connectivity index (χ4n) is 2.51. The lowest BCUT2D eigenvalue weighted by Gasteiger charge is -2.35. The molecule has 118 valence electrons. The maximum atomic E-state index is 12.4. The van der Waals surface area contributed by atoms with E-state index in [0.717, 1.165) is 12.8 Å². The number of likely N-dealkylation sites (N-methyl/N-ethyl adjacent to an activating group) is 1. The summed E-state index contributed by atoms with van der Waals surface area (Å²) in [5.74, 6) is 0.736. The zero-order valence-electron chi connectivity index (χ0n) is 12.7. The monoisotopic (exact) mass is 312 g/mol. The van der Waals surface area contributed by atoms with Crippen molar-refractivity contribution >= 4 is 10.0 Å². The number of benzene rings is 1. The van der Waals surface area contributed by atoms with Gasteiger partial charge in [0.15, 0.2) is 0 Å². The van der Waals surface area contributed by atoms with E-state index in [0.29, 0.717) is 24.9 Å². The van der Waals surface area contributed by atoms with Gasteiger partial charge in [0.25, 0.3) is 0 Å². The highest BCUT2D eigenvalue weighted by atomic mass is 32.2. The summed E-state index contributed by atoms with van der Waals surface area (Å²) in [7, 11) is 0.760. The Hall–Kier alpha value is -1.11. The summed E-state index contributed by atoms with van der Waals surface area (Å²) in [5.41, 5.74) is 0. The molecule has 1 aliphatic rings. The number of piperidine rings is 1. The van der Waals surface area contributed by atoms with Crippen molar-refractivity contribution in [3.63, 3.8) is 0 Å². The number of nitrogens with zero attached hydrogens (tertiary/aromatic N) is 2. The van der Waals surface area contributed by atoms with Crippen LogP contribution in [-0.2, 0) is 10.0 Å². The highest BCUT2D eigenvalue weighted by Gasteiger charge is 2.29. The van der Waals surface area contributed by atoms with Crippen LogP contribution < -0.4 is 4.74 Å². The minimum Gasteiger partial charge on any atom is -0.492 e. The molecule has 0 spiro atoms. The fraction of sp³-hybridized carbons (Fsp3) is 0.600. The number of hydrogen-bond acceptors (Lipinski definition) is 4. The van der Waals surface area contributed by atoms with Gasteiger partial charge in [-0.25, -0.2) is 12.7 Å². The summed E-state index contributed by atoms with van der Waals surface area (Å²) < 4.78 is 31.8. The van der Waals surface area contributed by atoms with Crippen molar-refractivity contribution in [1.82, 2.24) is 9.21 Å². The Morgan fingerprint density at radius 3 is 2.67 bits per heavy atom. The van der Waals surface area contributed by atoms with Crippen molar-refractivity contribution in [3.05, 3.63) is 30.3 Å². The third-order valence-electron chi connectivity index (χ3n) is 3.84. The molecule has 1 fully saturated rings. The Morgan fingerprint density at radius 1 is 1.29 bits per heavy atom. The van der Waals surface area contributed by atoms with E-state index in [-0.39, 0.29) is 12.4 Å². The molecular formula is C15H24N2O3S. The summed E-state index contributed by atoms with van der Waals surface area (Å²) in [6, 6.07) is 9.61. The Bertz CT molecular complexity index is 531. The van der Waals surface area contributed by atoms with Crippen LogP contribution in [0.1, 0.15) is 12.8 Å². The molecule has 0 unspecified atom stereocenters. The lowest BCUT2D eigenvalue weighted by atomic mass is 10.1. The van der Waals surface area contributed by atoms with E-state index >= 15 is 0 Å². The van der Waals surface area contributed by atoms with Crippen molar-refractivity contribution in [3.8, 4) is 5.75 Å². The molecule has 0 bridgehead atoms. The van der Waals surface area contributed by atoms with Crippen LogP contribution in [0.4, 0.5) is 0 Å². The molecule has 1 aliphatic heterocycles. The number of para-hydroxylation sites is 1. The van der Waals surface area contributed by atoms with Gasteiger partial charge in [0.1, 0.15) is 12.4 Å². The summed E-state index contributed by atoms with van der Waals surface area (Å²) in [6.45, 7) is 1.40. The van der Waals surface area contributed by atoms with Gasteiger partial charge in [-0.1, -0.05) is 18.2 Å². The van der Waals surface area contributed by atoms with Crippen LogP contribution in [0.15, 0.2) is 30.3 Å². The lowest BCUT2D eigenvalue weighted by Crippen LogP contribution is -2.48. The zero-order valence-corrected chi connectivity index (χ0v) is 13.6. The highest BCUT2D eigenvalue weighted by molar-refractivity contribution is 7.89. The van der Waals surface area contributed by atoms with Crippen molar-refractivity contribution in [2.24, 2.45) is 0 Å². The van der Waals surface area contributed by atoms with Crippen molar-refractivity contribution in [2.75, 3.05) is 39.5 Å². The molecule has 0 N–H and O–H groups in total. The van der Waals surface area contributed by atoms with Gasteiger partial charge in [-0.2, -0.15) is 0 Å². The first-order valence-corrected chi connectivity index (χ1v) is 8.92. The van der Waals surface area contributed by atoms with E-state index in [1.807, 2.05) is 44.4 Å². The highest BCUT2D eigenvalue weighted by Crippen LogP contribution is 2.17. The van der Waals surface area contributed by atoms with Gasteiger partial charge in [0.2, 0.25) is 10.0 Å². The average molecular weight is 312 g/mol. The van der Waals surface area contributed by atoms with Crippen LogP contribution in [0.3, 0.4) is 0 Å². The summed E-state index contributed by atoms with van der Waals surface area (Å²) >= 11 is 0. The molecule has 1 atom stereocenters. The Morgan fingerprint density at radius 2 is 2.00 bits per heavy atom. The van der Waals surface area contributed by atoms with Crippen molar-refractivity contribution in [1.29, 1.82) is 0 Å². The topological polar surface area (TPSA) is 49.9 Å². The number of hydrogen-bond donors (Lipinski definition) is 0. The maximum Gasteiger partial charge on any atom is 0.217 e. The molecule has 0 aliphatic carbocycles. The predicted molar refractivity (Wildman–Crippen MR) is 84.0 cm³/mol. The lowest BCUT2D eigenvalue weighted by molar-refractivity contribution is 0.189. The molecule has 6 heteroatoms. The van der Waals surface area contributed by atoms with Gasteiger partial charge in [0, 0.05) is 19.1 Å². The summed E-state index contributed by atoms with van der Waals surface area (Å²) in [4.78, 5) is 2.10. The molecule has 0 amide bonds. The van der Waals surface area contributed by atoms with Crippen LogP contribution in [0, 0.1) is 0 Å². The van der Waals surface area contributed by atoms with Crippen molar-refractivity contribution in [2.45, 2.75) is 18.9 Å². The maximum absolute atomic E-state index is 12.4. The summed E-state index contributed by atoms with van der Waals surface area (Å²) in [5, 5.41) is 0. The van der Waals surface area contributed by atoms with Crippen LogP contribution in [0.2, 0.25) is 0 Å². The van der Waals surface area contributed by atoms with E-state index in [9.17, 15) is 8.42 Å². The SMILES string of the molecule is CN(C)[C@@H]1CCCN(S(=O)(=O)CCOc2ccccc2)C1. The molecule has 21 heavy (non-hydrogen) atoms. The predicted octanol–water partition coefficient (Wildman–Crippen LogP) is 1.42. The summed E-state index contributed by atoms with van der Waals surface area (Å²) in [6.07, 6.45) is 1.97. The number of ether oxygens (including phenoxy) is 1. The molecule has 2 rings (SSSR count). The van der Waals surface area contributed by atoms with Gasteiger partial charge >= 0.3 is 0 Å². The van der Waals surface area contributed by atoms with Crippen LogP contribution in [-0.4, -0.2) is 63.2 Å². The largest absolute Gasteiger partial charge is 0.492 e. The van der Waals surface area contributed by atoms with Gasteiger partial charge < -0.3 is 9.64 Å². The smallest absolute Gasteiger partial charge is 0.217 e. The molecule has 0 saturated carbocycles. The van der Waals surface area contributed by atoms with Gasteiger partial charge in [-0.3, -0.25) is 0 Å². The second-order valence-corrected chi connectivity index (χ2v) is 7.68. The van der Waals surface area contributed by atoms with E-state index in [2.05, 4.69) is 4.90 Å². The van der Waals surface area contributed by atoms with Crippen LogP contribution >= 0.6 is 0 Å². The van der Waals surface area contributed by atoms with Gasteiger partial charge in [0.05, 0.1) is 5.75 Å². The number of rotatable bonds is 6. The molecule has 1 heterocycles. The van der Waals surface area contributed by atoms with E-state index in [1.165, 1.54) is 0 Å². The molecule has 1 aromatic carbocycles. The van der Waals surface area contributed by atoms with Crippen LogP contribution in [0.5, 0.6) is 5.75 Å². The normalized spacial score (nSPS) is 20.6. The Kier molecular flexibility index (Phi) is 5.61. The quantitative estimate of drug-likeness (QED) is 0.797. The third-order valence-corrected chi connectivity index (χ3v) is 5.64. The van der Waals surface area contributed by atoms with E-state index in [1.54, 1.807) is 4.31 Å². The molecule has 0 aromatic heterocycles. The first kappa shape index (κ1) is 16.3. The first-order valence-electron chi connectivity index (χ1n) is 7.31. The van der Waals surface area contributed by atoms with Crippen LogP contribution in [0.25, 0.3) is 0 Å². The second-order valence-electron chi connectivity index (χ2n) is 5.60.